The van der Waals surface area contributed by atoms with Crippen molar-refractivity contribution in [2.75, 3.05) is 25.6 Å². The van der Waals surface area contributed by atoms with E-state index in [1.165, 1.54) is 19.2 Å². The molecule has 0 aromatic heterocycles. The average molecular weight is 303 g/mol. The van der Waals surface area contributed by atoms with E-state index in [4.69, 9.17) is 4.74 Å². The molecular weight excluding hydrogens is 285 g/mol. The van der Waals surface area contributed by atoms with Crippen molar-refractivity contribution in [3.05, 3.63) is 59.9 Å². The van der Waals surface area contributed by atoms with Crippen molar-refractivity contribution in [1.82, 2.24) is 0 Å². The summed E-state index contributed by atoms with van der Waals surface area (Å²) >= 11 is 0. The Kier molecular flexibility index (Phi) is 5.77. The minimum Gasteiger partial charge on any atom is -0.494 e. The zero-order chi connectivity index (χ0) is 15.8. The molecule has 0 aliphatic rings. The van der Waals surface area contributed by atoms with Gasteiger partial charge in [-0.2, -0.15) is 0 Å². The van der Waals surface area contributed by atoms with E-state index >= 15 is 0 Å². The molecule has 0 bridgehead atoms. The SMILES string of the molecule is COC(=O)c1ccc(OCCCNc2ccc(F)cc2)cc1. The predicted octanol–water partition coefficient (Wildman–Crippen LogP) is 3.49. The Morgan fingerprint density at radius 3 is 2.41 bits per heavy atom. The molecule has 0 saturated carbocycles. The van der Waals surface area contributed by atoms with Crippen LogP contribution in [-0.4, -0.2) is 26.2 Å². The highest BCUT2D eigenvalue weighted by Crippen LogP contribution is 2.13. The molecule has 0 unspecified atom stereocenters. The number of hydrogen-bond donors (Lipinski definition) is 1. The fourth-order valence-corrected chi connectivity index (χ4v) is 1.87. The van der Waals surface area contributed by atoms with Crippen molar-refractivity contribution < 1.29 is 18.7 Å². The maximum Gasteiger partial charge on any atom is 0.337 e. The van der Waals surface area contributed by atoms with Gasteiger partial charge in [0, 0.05) is 12.2 Å². The van der Waals surface area contributed by atoms with E-state index in [-0.39, 0.29) is 11.8 Å². The second-order valence-electron chi connectivity index (χ2n) is 4.65. The number of esters is 1. The minimum atomic E-state index is -0.366. The minimum absolute atomic E-state index is 0.246. The van der Waals surface area contributed by atoms with Crippen molar-refractivity contribution in [2.24, 2.45) is 0 Å². The first-order valence-corrected chi connectivity index (χ1v) is 6.99. The van der Waals surface area contributed by atoms with E-state index < -0.39 is 0 Å². The highest BCUT2D eigenvalue weighted by molar-refractivity contribution is 5.89. The molecule has 4 nitrogen and oxygen atoms in total. The maximum atomic E-state index is 12.7. The third-order valence-corrected chi connectivity index (χ3v) is 3.04. The van der Waals surface area contributed by atoms with Crippen LogP contribution in [0.25, 0.3) is 0 Å². The summed E-state index contributed by atoms with van der Waals surface area (Å²) in [7, 11) is 1.35. The monoisotopic (exact) mass is 303 g/mol. The molecule has 116 valence electrons. The van der Waals surface area contributed by atoms with Gasteiger partial charge in [0.25, 0.3) is 0 Å². The topological polar surface area (TPSA) is 47.6 Å². The van der Waals surface area contributed by atoms with Gasteiger partial charge in [0.05, 0.1) is 19.3 Å². The Bertz CT molecular complexity index is 596. The summed E-state index contributed by atoms with van der Waals surface area (Å²) < 4.78 is 22.9. The molecule has 0 atom stereocenters. The molecule has 0 fully saturated rings. The van der Waals surface area contributed by atoms with Gasteiger partial charge in [-0.15, -0.1) is 0 Å². The third kappa shape index (κ3) is 4.77. The lowest BCUT2D eigenvalue weighted by atomic mass is 10.2. The summed E-state index contributed by atoms with van der Waals surface area (Å²) in [6.45, 7) is 1.28. The first kappa shape index (κ1) is 15.8. The molecule has 0 radical (unpaired) electrons. The lowest BCUT2D eigenvalue weighted by Gasteiger charge is -2.08. The standard InChI is InChI=1S/C17H18FNO3/c1-21-17(20)13-3-9-16(10-4-13)22-12-2-11-19-15-7-5-14(18)6-8-15/h3-10,19H,2,11-12H2,1H3. The van der Waals surface area contributed by atoms with E-state index in [9.17, 15) is 9.18 Å². The predicted molar refractivity (Wildman–Crippen MR) is 82.8 cm³/mol. The molecule has 1 N–H and O–H groups in total. The van der Waals surface area contributed by atoms with Crippen LogP contribution >= 0.6 is 0 Å². The molecular formula is C17H18FNO3. The highest BCUT2D eigenvalue weighted by Gasteiger charge is 2.04. The van der Waals surface area contributed by atoms with Gasteiger partial charge in [0.15, 0.2) is 0 Å². The maximum absolute atomic E-state index is 12.7. The molecule has 2 rings (SSSR count). The summed E-state index contributed by atoms with van der Waals surface area (Å²) in [6.07, 6.45) is 0.802. The van der Waals surface area contributed by atoms with Crippen LogP contribution < -0.4 is 10.1 Å². The molecule has 22 heavy (non-hydrogen) atoms. The van der Waals surface area contributed by atoms with Crippen molar-refractivity contribution in [3.63, 3.8) is 0 Å². The first-order valence-electron chi connectivity index (χ1n) is 6.99. The molecule has 2 aromatic rings. The lowest BCUT2D eigenvalue weighted by molar-refractivity contribution is 0.0600. The number of nitrogens with one attached hydrogen (secondary N) is 1. The largest absolute Gasteiger partial charge is 0.494 e. The van der Waals surface area contributed by atoms with Crippen LogP contribution in [0.4, 0.5) is 10.1 Å². The summed E-state index contributed by atoms with van der Waals surface area (Å²) in [5, 5.41) is 3.18. The van der Waals surface area contributed by atoms with Crippen LogP contribution in [0.3, 0.4) is 0 Å². The Morgan fingerprint density at radius 2 is 1.77 bits per heavy atom. The normalized spacial score (nSPS) is 10.1. The van der Waals surface area contributed by atoms with Crippen LogP contribution in [0.1, 0.15) is 16.8 Å². The number of methoxy groups -OCH3 is 1. The molecule has 0 aliphatic carbocycles. The number of ether oxygens (including phenoxy) is 2. The average Bonchev–Trinajstić information content (AvgIpc) is 2.56. The molecule has 0 saturated heterocycles. The van der Waals surface area contributed by atoms with Gasteiger partial charge < -0.3 is 14.8 Å². The number of anilines is 1. The summed E-state index contributed by atoms with van der Waals surface area (Å²) in [6, 6.07) is 13.0. The Morgan fingerprint density at radius 1 is 1.09 bits per heavy atom. The van der Waals surface area contributed by atoms with Gasteiger partial charge in [-0.3, -0.25) is 0 Å². The van der Waals surface area contributed by atoms with Gasteiger partial charge >= 0.3 is 5.97 Å². The van der Waals surface area contributed by atoms with E-state index in [2.05, 4.69) is 10.1 Å². The van der Waals surface area contributed by atoms with Gasteiger partial charge in [0.2, 0.25) is 0 Å². The van der Waals surface area contributed by atoms with Crippen LogP contribution in [-0.2, 0) is 4.74 Å². The van der Waals surface area contributed by atoms with Gasteiger partial charge in [-0.05, 0) is 55.0 Å². The van der Waals surface area contributed by atoms with Gasteiger partial charge in [0.1, 0.15) is 11.6 Å². The fraction of sp³-hybridized carbons (Fsp3) is 0.235. The Balaban J connectivity index is 1.68. The molecule has 0 aliphatic heterocycles. The molecule has 0 amide bonds. The zero-order valence-corrected chi connectivity index (χ0v) is 12.3. The van der Waals surface area contributed by atoms with E-state index in [1.54, 1.807) is 36.4 Å². The van der Waals surface area contributed by atoms with Crippen molar-refractivity contribution in [3.8, 4) is 5.75 Å². The third-order valence-electron chi connectivity index (χ3n) is 3.04. The first-order chi connectivity index (χ1) is 10.7. The number of halogens is 1. The fourth-order valence-electron chi connectivity index (χ4n) is 1.87. The lowest BCUT2D eigenvalue weighted by Crippen LogP contribution is -2.07. The van der Waals surface area contributed by atoms with Gasteiger partial charge in [-0.25, -0.2) is 9.18 Å². The molecule has 5 heteroatoms. The molecule has 0 heterocycles. The van der Waals surface area contributed by atoms with Crippen LogP contribution in [0.15, 0.2) is 48.5 Å². The zero-order valence-electron chi connectivity index (χ0n) is 12.3. The number of benzene rings is 2. The van der Waals surface area contributed by atoms with E-state index in [0.717, 1.165) is 18.7 Å². The van der Waals surface area contributed by atoms with Crippen LogP contribution in [0.5, 0.6) is 5.75 Å². The molecule has 0 spiro atoms. The number of carbonyl (C=O) groups is 1. The van der Waals surface area contributed by atoms with Crippen LogP contribution in [0.2, 0.25) is 0 Å². The van der Waals surface area contributed by atoms with Crippen molar-refractivity contribution in [2.45, 2.75) is 6.42 Å². The van der Waals surface area contributed by atoms with E-state index in [1.807, 2.05) is 0 Å². The van der Waals surface area contributed by atoms with Crippen molar-refractivity contribution >= 4 is 11.7 Å². The summed E-state index contributed by atoms with van der Waals surface area (Å²) in [4.78, 5) is 11.3. The smallest absolute Gasteiger partial charge is 0.337 e. The second kappa shape index (κ2) is 8.02. The Labute approximate surface area is 128 Å². The van der Waals surface area contributed by atoms with E-state index in [0.29, 0.717) is 17.9 Å². The number of carbonyl (C=O) groups excluding carboxylic acids is 1. The number of rotatable bonds is 7. The second-order valence-corrected chi connectivity index (χ2v) is 4.65. The van der Waals surface area contributed by atoms with Crippen molar-refractivity contribution in [1.29, 1.82) is 0 Å². The molecule has 2 aromatic carbocycles. The highest BCUT2D eigenvalue weighted by atomic mass is 19.1. The Hall–Kier alpha value is -2.56. The van der Waals surface area contributed by atoms with Gasteiger partial charge in [-0.1, -0.05) is 0 Å². The summed E-state index contributed by atoms with van der Waals surface area (Å²) in [5.74, 6) is 0.0915. The quantitative estimate of drug-likeness (QED) is 0.628. The summed E-state index contributed by atoms with van der Waals surface area (Å²) in [5.41, 5.74) is 1.37. The number of hydrogen-bond acceptors (Lipinski definition) is 4. The van der Waals surface area contributed by atoms with Crippen LogP contribution in [0, 0.1) is 5.82 Å².